The smallest absolute Gasteiger partial charge is 0.179 e. The third kappa shape index (κ3) is 1.39. The molecule has 0 spiro atoms. The fraction of sp³-hybridized carbons (Fsp3) is 0.455. The van der Waals surface area contributed by atoms with Crippen LogP contribution in [0.25, 0.3) is 0 Å². The minimum atomic E-state index is -0.0973. The molecule has 0 saturated carbocycles. The monoisotopic (exact) mass is 191 g/mol. The van der Waals surface area contributed by atoms with Crippen molar-refractivity contribution < 1.29 is 9.53 Å². The van der Waals surface area contributed by atoms with Gasteiger partial charge in [-0.25, -0.2) is 0 Å². The molecule has 1 aliphatic rings. The molecule has 0 fully saturated rings. The average molecular weight is 191 g/mol. The van der Waals surface area contributed by atoms with Crippen molar-refractivity contribution in [3.63, 3.8) is 0 Å². The molecule has 0 aliphatic carbocycles. The van der Waals surface area contributed by atoms with Crippen molar-refractivity contribution in [3.05, 3.63) is 24.0 Å². The topological polar surface area (TPSA) is 39.2 Å². The number of carbonyl (C=O) groups is 1. The SMILES string of the molecule is CC(C)C1C(=O)COc2cccnc21. The van der Waals surface area contributed by atoms with Crippen molar-refractivity contribution in [3.8, 4) is 5.75 Å². The molecule has 1 unspecified atom stereocenters. The first kappa shape index (κ1) is 9.19. The van der Waals surface area contributed by atoms with E-state index in [9.17, 15) is 4.79 Å². The molecule has 1 aromatic heterocycles. The van der Waals surface area contributed by atoms with Crippen LogP contribution in [0.3, 0.4) is 0 Å². The van der Waals surface area contributed by atoms with E-state index in [-0.39, 0.29) is 24.2 Å². The third-order valence-electron chi connectivity index (χ3n) is 2.48. The molecule has 1 aliphatic heterocycles. The standard InChI is InChI=1S/C11H13NO2/c1-7(2)10-8(13)6-14-9-4-3-5-12-11(9)10/h3-5,7,10H,6H2,1-2H3. The highest BCUT2D eigenvalue weighted by molar-refractivity contribution is 5.88. The second-order valence-corrected chi connectivity index (χ2v) is 3.86. The second-order valence-electron chi connectivity index (χ2n) is 3.86. The Morgan fingerprint density at radius 2 is 2.36 bits per heavy atom. The lowest BCUT2D eigenvalue weighted by Gasteiger charge is -2.25. The highest BCUT2D eigenvalue weighted by Gasteiger charge is 2.32. The number of rotatable bonds is 1. The summed E-state index contributed by atoms with van der Waals surface area (Å²) in [4.78, 5) is 15.9. The van der Waals surface area contributed by atoms with Crippen molar-refractivity contribution in [2.24, 2.45) is 5.92 Å². The summed E-state index contributed by atoms with van der Waals surface area (Å²) in [5, 5.41) is 0. The molecule has 2 heterocycles. The van der Waals surface area contributed by atoms with Crippen LogP contribution in [0.5, 0.6) is 5.75 Å². The zero-order valence-electron chi connectivity index (χ0n) is 8.36. The maximum absolute atomic E-state index is 11.6. The molecule has 0 bridgehead atoms. The van der Waals surface area contributed by atoms with Crippen LogP contribution in [-0.4, -0.2) is 17.4 Å². The van der Waals surface area contributed by atoms with Gasteiger partial charge in [0.05, 0.1) is 11.6 Å². The van der Waals surface area contributed by atoms with E-state index in [0.29, 0.717) is 0 Å². The minimum absolute atomic E-state index is 0.0973. The van der Waals surface area contributed by atoms with Gasteiger partial charge in [0.2, 0.25) is 0 Å². The van der Waals surface area contributed by atoms with E-state index in [1.165, 1.54) is 0 Å². The first-order chi connectivity index (χ1) is 6.70. The lowest BCUT2D eigenvalue weighted by atomic mass is 9.86. The van der Waals surface area contributed by atoms with Crippen LogP contribution in [-0.2, 0) is 4.79 Å². The van der Waals surface area contributed by atoms with Gasteiger partial charge in [0, 0.05) is 6.20 Å². The summed E-state index contributed by atoms with van der Waals surface area (Å²) < 4.78 is 5.30. The number of fused-ring (bicyclic) bond motifs is 1. The van der Waals surface area contributed by atoms with Crippen molar-refractivity contribution in [1.82, 2.24) is 4.98 Å². The normalized spacial score (nSPS) is 20.5. The number of ketones is 1. The van der Waals surface area contributed by atoms with Crippen LogP contribution >= 0.6 is 0 Å². The Bertz CT molecular complexity index is 360. The Labute approximate surface area is 83.1 Å². The summed E-state index contributed by atoms with van der Waals surface area (Å²) >= 11 is 0. The molecule has 14 heavy (non-hydrogen) atoms. The first-order valence-electron chi connectivity index (χ1n) is 4.80. The van der Waals surface area contributed by atoms with Gasteiger partial charge < -0.3 is 4.74 Å². The van der Waals surface area contributed by atoms with Gasteiger partial charge in [-0.05, 0) is 18.1 Å². The summed E-state index contributed by atoms with van der Waals surface area (Å²) in [7, 11) is 0. The maximum atomic E-state index is 11.6. The molecule has 0 aromatic carbocycles. The predicted octanol–water partition coefficient (Wildman–Crippen LogP) is 1.78. The van der Waals surface area contributed by atoms with Crippen molar-refractivity contribution in [2.75, 3.05) is 6.61 Å². The van der Waals surface area contributed by atoms with Crippen LogP contribution in [0.15, 0.2) is 18.3 Å². The van der Waals surface area contributed by atoms with Crippen LogP contribution in [0.2, 0.25) is 0 Å². The Morgan fingerprint density at radius 3 is 3.07 bits per heavy atom. The van der Waals surface area contributed by atoms with E-state index in [4.69, 9.17) is 4.74 Å². The molecule has 0 saturated heterocycles. The van der Waals surface area contributed by atoms with Crippen LogP contribution in [0, 0.1) is 5.92 Å². The number of Topliss-reactive ketones (excluding diaryl/α,β-unsaturated/α-hetero) is 1. The van der Waals surface area contributed by atoms with Crippen molar-refractivity contribution >= 4 is 5.78 Å². The molecular weight excluding hydrogens is 178 g/mol. The number of ether oxygens (including phenoxy) is 1. The molecule has 3 nitrogen and oxygen atoms in total. The Balaban J connectivity index is 2.46. The maximum Gasteiger partial charge on any atom is 0.179 e. The number of hydrogen-bond acceptors (Lipinski definition) is 3. The summed E-state index contributed by atoms with van der Waals surface area (Å²) in [6.07, 6.45) is 1.70. The Kier molecular flexibility index (Phi) is 2.23. The largest absolute Gasteiger partial charge is 0.484 e. The minimum Gasteiger partial charge on any atom is -0.484 e. The third-order valence-corrected chi connectivity index (χ3v) is 2.48. The van der Waals surface area contributed by atoms with E-state index in [2.05, 4.69) is 4.98 Å². The molecular formula is C11H13NO2. The first-order valence-corrected chi connectivity index (χ1v) is 4.80. The highest BCUT2D eigenvalue weighted by Crippen LogP contribution is 2.34. The molecule has 0 radical (unpaired) electrons. The lowest BCUT2D eigenvalue weighted by molar-refractivity contribution is -0.124. The van der Waals surface area contributed by atoms with E-state index >= 15 is 0 Å². The van der Waals surface area contributed by atoms with Gasteiger partial charge in [-0.15, -0.1) is 0 Å². The number of carbonyl (C=O) groups excluding carboxylic acids is 1. The molecule has 0 amide bonds. The fourth-order valence-corrected chi connectivity index (χ4v) is 1.84. The molecule has 3 heteroatoms. The van der Waals surface area contributed by atoms with Gasteiger partial charge in [0.1, 0.15) is 12.4 Å². The number of pyridine rings is 1. The van der Waals surface area contributed by atoms with Crippen LogP contribution in [0.4, 0.5) is 0 Å². The van der Waals surface area contributed by atoms with Gasteiger partial charge in [-0.2, -0.15) is 0 Å². The van der Waals surface area contributed by atoms with Crippen molar-refractivity contribution in [1.29, 1.82) is 0 Å². The average Bonchev–Trinajstić information content (AvgIpc) is 2.17. The summed E-state index contributed by atoms with van der Waals surface area (Å²) in [6, 6.07) is 3.69. The van der Waals surface area contributed by atoms with Gasteiger partial charge >= 0.3 is 0 Å². The summed E-state index contributed by atoms with van der Waals surface area (Å²) in [5.74, 6) is 1.07. The summed E-state index contributed by atoms with van der Waals surface area (Å²) in [6.45, 7) is 4.25. The van der Waals surface area contributed by atoms with Crippen molar-refractivity contribution in [2.45, 2.75) is 19.8 Å². The highest BCUT2D eigenvalue weighted by atomic mass is 16.5. The number of hydrogen-bond donors (Lipinski definition) is 0. The zero-order chi connectivity index (χ0) is 10.1. The van der Waals surface area contributed by atoms with E-state index in [0.717, 1.165) is 11.4 Å². The van der Waals surface area contributed by atoms with E-state index in [1.807, 2.05) is 26.0 Å². The molecule has 74 valence electrons. The van der Waals surface area contributed by atoms with Crippen LogP contribution < -0.4 is 4.74 Å². The second kappa shape index (κ2) is 3.40. The van der Waals surface area contributed by atoms with Gasteiger partial charge in [-0.1, -0.05) is 13.8 Å². The molecule has 0 N–H and O–H groups in total. The molecule has 1 atom stereocenters. The number of nitrogens with zero attached hydrogens (tertiary/aromatic N) is 1. The lowest BCUT2D eigenvalue weighted by Crippen LogP contribution is -2.29. The fourth-order valence-electron chi connectivity index (χ4n) is 1.84. The van der Waals surface area contributed by atoms with Gasteiger partial charge in [0.25, 0.3) is 0 Å². The Hall–Kier alpha value is -1.38. The zero-order valence-corrected chi connectivity index (χ0v) is 8.36. The predicted molar refractivity (Wildman–Crippen MR) is 52.3 cm³/mol. The van der Waals surface area contributed by atoms with E-state index in [1.54, 1.807) is 6.20 Å². The summed E-state index contributed by atoms with van der Waals surface area (Å²) in [5.41, 5.74) is 0.791. The molecule has 2 rings (SSSR count). The van der Waals surface area contributed by atoms with Crippen LogP contribution in [0.1, 0.15) is 25.5 Å². The van der Waals surface area contributed by atoms with Gasteiger partial charge in [0.15, 0.2) is 5.78 Å². The van der Waals surface area contributed by atoms with E-state index < -0.39 is 0 Å². The van der Waals surface area contributed by atoms with Gasteiger partial charge in [-0.3, -0.25) is 9.78 Å². The Morgan fingerprint density at radius 1 is 1.57 bits per heavy atom. The molecule has 1 aromatic rings. The number of aromatic nitrogens is 1. The quantitative estimate of drug-likeness (QED) is 0.679.